The Bertz CT molecular complexity index is 406. The number of aromatic hydroxyl groups is 1. The molecule has 0 amide bonds. The highest BCUT2D eigenvalue weighted by molar-refractivity contribution is 6.43. The van der Waals surface area contributed by atoms with E-state index in [0.717, 1.165) is 18.7 Å². The molecule has 2 rings (SSSR count). The molecular formula is C13H18Cl2N2O. The minimum absolute atomic E-state index is 0.0301. The Kier molecular flexibility index (Phi) is 5.13. The molecule has 0 unspecified atom stereocenters. The molecule has 18 heavy (non-hydrogen) atoms. The Labute approximate surface area is 118 Å². The molecule has 0 bridgehead atoms. The van der Waals surface area contributed by atoms with Gasteiger partial charge in [-0.3, -0.25) is 0 Å². The van der Waals surface area contributed by atoms with Crippen molar-refractivity contribution in [2.24, 2.45) is 0 Å². The van der Waals surface area contributed by atoms with E-state index in [-0.39, 0.29) is 10.8 Å². The van der Waals surface area contributed by atoms with Gasteiger partial charge in [-0.05, 0) is 37.6 Å². The maximum Gasteiger partial charge on any atom is 0.135 e. The lowest BCUT2D eigenvalue weighted by Gasteiger charge is -2.15. The zero-order valence-electron chi connectivity index (χ0n) is 10.3. The molecule has 0 aromatic heterocycles. The second-order valence-electron chi connectivity index (χ2n) is 4.60. The quantitative estimate of drug-likeness (QED) is 0.818. The number of nitrogens with one attached hydrogen (secondary N) is 1. The second-order valence-corrected chi connectivity index (χ2v) is 5.35. The number of benzene rings is 1. The van der Waals surface area contributed by atoms with Gasteiger partial charge in [0.05, 0.1) is 5.02 Å². The van der Waals surface area contributed by atoms with E-state index in [1.807, 2.05) is 0 Å². The molecule has 3 nitrogen and oxygen atoms in total. The van der Waals surface area contributed by atoms with Gasteiger partial charge < -0.3 is 15.3 Å². The lowest BCUT2D eigenvalue weighted by atomic mass is 10.2. The van der Waals surface area contributed by atoms with Crippen molar-refractivity contribution in [1.82, 2.24) is 10.2 Å². The van der Waals surface area contributed by atoms with Crippen molar-refractivity contribution in [3.8, 4) is 5.75 Å². The smallest absolute Gasteiger partial charge is 0.135 e. The van der Waals surface area contributed by atoms with E-state index in [0.29, 0.717) is 11.6 Å². The number of hydrogen-bond acceptors (Lipinski definition) is 3. The zero-order valence-corrected chi connectivity index (χ0v) is 11.8. The summed E-state index contributed by atoms with van der Waals surface area (Å²) in [5.74, 6) is 0.0301. The maximum absolute atomic E-state index is 9.40. The molecule has 0 atom stereocenters. The van der Waals surface area contributed by atoms with Crippen LogP contribution in [0.5, 0.6) is 5.75 Å². The molecule has 0 radical (unpaired) electrons. The van der Waals surface area contributed by atoms with Gasteiger partial charge in [-0.2, -0.15) is 0 Å². The molecule has 1 fully saturated rings. The van der Waals surface area contributed by atoms with Gasteiger partial charge in [0, 0.05) is 19.6 Å². The Morgan fingerprint density at radius 1 is 1.17 bits per heavy atom. The van der Waals surface area contributed by atoms with Gasteiger partial charge in [-0.15, -0.1) is 0 Å². The third-order valence-electron chi connectivity index (χ3n) is 3.26. The maximum atomic E-state index is 9.40. The zero-order chi connectivity index (χ0) is 13.0. The van der Waals surface area contributed by atoms with Crippen LogP contribution in [0.4, 0.5) is 0 Å². The molecule has 1 heterocycles. The van der Waals surface area contributed by atoms with Crippen molar-refractivity contribution >= 4 is 23.2 Å². The van der Waals surface area contributed by atoms with Gasteiger partial charge in [0.25, 0.3) is 0 Å². The third-order valence-corrected chi connectivity index (χ3v) is 4.17. The predicted molar refractivity (Wildman–Crippen MR) is 75.5 cm³/mol. The number of halogens is 2. The van der Waals surface area contributed by atoms with E-state index < -0.39 is 0 Å². The molecule has 1 saturated heterocycles. The highest BCUT2D eigenvalue weighted by Gasteiger charge is 2.11. The summed E-state index contributed by atoms with van der Waals surface area (Å²) in [6, 6.07) is 3.37. The van der Waals surface area contributed by atoms with Crippen LogP contribution in [0.1, 0.15) is 18.4 Å². The molecule has 5 heteroatoms. The van der Waals surface area contributed by atoms with Gasteiger partial charge in [-0.25, -0.2) is 0 Å². The monoisotopic (exact) mass is 288 g/mol. The third kappa shape index (κ3) is 3.51. The van der Waals surface area contributed by atoms with Crippen molar-refractivity contribution in [3.63, 3.8) is 0 Å². The summed E-state index contributed by atoms with van der Waals surface area (Å²) in [5, 5.41) is 13.4. The van der Waals surface area contributed by atoms with E-state index >= 15 is 0 Å². The number of likely N-dealkylation sites (tertiary alicyclic amines) is 1. The van der Waals surface area contributed by atoms with Crippen LogP contribution in [0.15, 0.2) is 12.1 Å². The summed E-state index contributed by atoms with van der Waals surface area (Å²) in [4.78, 5) is 2.46. The van der Waals surface area contributed by atoms with Crippen LogP contribution in [-0.2, 0) is 6.54 Å². The standard InChI is InChI=1S/C13H18Cl2N2O/c14-12-10(3-4-11(18)13(12)15)9-16-5-8-17-6-1-2-7-17/h3-4,16,18H,1-2,5-9H2. The van der Waals surface area contributed by atoms with Crippen LogP contribution in [0.2, 0.25) is 10.0 Å². The summed E-state index contributed by atoms with van der Waals surface area (Å²) in [6.07, 6.45) is 2.64. The molecule has 1 aromatic carbocycles. The van der Waals surface area contributed by atoms with Crippen molar-refractivity contribution in [3.05, 3.63) is 27.7 Å². The summed E-state index contributed by atoms with van der Waals surface area (Å²) in [5.41, 5.74) is 0.917. The fraction of sp³-hybridized carbons (Fsp3) is 0.538. The van der Waals surface area contributed by atoms with Gasteiger partial charge in [0.2, 0.25) is 0 Å². The summed E-state index contributed by atoms with van der Waals surface area (Å²) >= 11 is 11.9. The fourth-order valence-corrected chi connectivity index (χ4v) is 2.59. The lowest BCUT2D eigenvalue weighted by Crippen LogP contribution is -2.29. The summed E-state index contributed by atoms with van der Waals surface area (Å²) < 4.78 is 0. The Hall–Kier alpha value is -0.480. The second kappa shape index (κ2) is 6.62. The number of phenols is 1. The molecule has 0 aliphatic carbocycles. The highest BCUT2D eigenvalue weighted by Crippen LogP contribution is 2.33. The van der Waals surface area contributed by atoms with E-state index in [2.05, 4.69) is 10.2 Å². The van der Waals surface area contributed by atoms with E-state index in [1.54, 1.807) is 12.1 Å². The average molecular weight is 289 g/mol. The van der Waals surface area contributed by atoms with Gasteiger partial charge in [0.1, 0.15) is 10.8 Å². The largest absolute Gasteiger partial charge is 0.506 e. The van der Waals surface area contributed by atoms with E-state index in [4.69, 9.17) is 23.2 Å². The molecule has 100 valence electrons. The first kappa shape index (κ1) is 13.9. The van der Waals surface area contributed by atoms with E-state index in [1.165, 1.54) is 25.9 Å². The molecule has 2 N–H and O–H groups in total. The van der Waals surface area contributed by atoms with Gasteiger partial charge >= 0.3 is 0 Å². The Morgan fingerprint density at radius 2 is 1.89 bits per heavy atom. The minimum Gasteiger partial charge on any atom is -0.506 e. The minimum atomic E-state index is 0.0301. The summed E-state index contributed by atoms with van der Waals surface area (Å²) in [6.45, 7) is 5.12. The number of nitrogens with zero attached hydrogens (tertiary/aromatic N) is 1. The highest BCUT2D eigenvalue weighted by atomic mass is 35.5. The van der Waals surface area contributed by atoms with Crippen LogP contribution in [0, 0.1) is 0 Å². The lowest BCUT2D eigenvalue weighted by molar-refractivity contribution is 0.335. The molecule has 1 aliphatic heterocycles. The van der Waals surface area contributed by atoms with Crippen molar-refractivity contribution in [2.75, 3.05) is 26.2 Å². The fourth-order valence-electron chi connectivity index (χ4n) is 2.18. The van der Waals surface area contributed by atoms with Crippen LogP contribution < -0.4 is 5.32 Å². The van der Waals surface area contributed by atoms with Crippen LogP contribution >= 0.6 is 23.2 Å². The Balaban J connectivity index is 1.77. The normalized spacial score (nSPS) is 16.3. The van der Waals surface area contributed by atoms with Crippen LogP contribution in [0.3, 0.4) is 0 Å². The number of hydrogen-bond donors (Lipinski definition) is 2. The topological polar surface area (TPSA) is 35.5 Å². The van der Waals surface area contributed by atoms with Gasteiger partial charge in [0.15, 0.2) is 0 Å². The molecular weight excluding hydrogens is 271 g/mol. The van der Waals surface area contributed by atoms with Crippen molar-refractivity contribution in [2.45, 2.75) is 19.4 Å². The Morgan fingerprint density at radius 3 is 2.61 bits per heavy atom. The predicted octanol–water partition coefficient (Wildman–Crippen LogP) is 2.88. The van der Waals surface area contributed by atoms with Crippen molar-refractivity contribution < 1.29 is 5.11 Å². The first-order chi connectivity index (χ1) is 8.68. The first-order valence-electron chi connectivity index (χ1n) is 6.27. The van der Waals surface area contributed by atoms with E-state index in [9.17, 15) is 5.11 Å². The SMILES string of the molecule is Oc1ccc(CNCCN2CCCC2)c(Cl)c1Cl. The molecule has 1 aromatic rings. The number of phenolic OH excluding ortho intramolecular Hbond substituents is 1. The molecule has 1 aliphatic rings. The molecule has 0 saturated carbocycles. The number of rotatable bonds is 5. The summed E-state index contributed by atoms with van der Waals surface area (Å²) in [7, 11) is 0. The average Bonchev–Trinajstić information content (AvgIpc) is 2.87. The van der Waals surface area contributed by atoms with Crippen LogP contribution in [0.25, 0.3) is 0 Å². The first-order valence-corrected chi connectivity index (χ1v) is 7.03. The molecule has 0 spiro atoms. The van der Waals surface area contributed by atoms with Gasteiger partial charge in [-0.1, -0.05) is 29.3 Å². The van der Waals surface area contributed by atoms with Crippen molar-refractivity contribution in [1.29, 1.82) is 0 Å². The van der Waals surface area contributed by atoms with Crippen LogP contribution in [-0.4, -0.2) is 36.2 Å².